The maximum absolute atomic E-state index is 11.1. The molecule has 27 heavy (non-hydrogen) atoms. The van der Waals surface area contributed by atoms with Crippen molar-refractivity contribution in [1.29, 1.82) is 0 Å². The third-order valence-electron chi connectivity index (χ3n) is 3.71. The number of benzene rings is 3. The summed E-state index contributed by atoms with van der Waals surface area (Å²) in [6.07, 6.45) is 0. The number of carbonyl (C=O) groups excluding carboxylic acids is 1. The molecule has 0 saturated heterocycles. The fourth-order valence-corrected chi connectivity index (χ4v) is 2.30. The van der Waals surface area contributed by atoms with Crippen LogP contribution in [-0.4, -0.2) is 5.91 Å². The lowest BCUT2D eigenvalue weighted by molar-refractivity contribution is 0.1000. The van der Waals surface area contributed by atoms with Crippen LogP contribution >= 0.6 is 0 Å². The molecule has 0 radical (unpaired) electrons. The Bertz CT molecular complexity index is 856. The van der Waals surface area contributed by atoms with Gasteiger partial charge in [0.05, 0.1) is 0 Å². The van der Waals surface area contributed by atoms with Crippen molar-refractivity contribution in [3.63, 3.8) is 0 Å². The number of hydrogen-bond acceptors (Lipinski definition) is 3. The first-order valence-electron chi connectivity index (χ1n) is 8.96. The van der Waals surface area contributed by atoms with Gasteiger partial charge in [-0.25, -0.2) is 0 Å². The molecule has 0 bridgehead atoms. The number of aryl methyl sites for hydroxylation is 1. The summed E-state index contributed by atoms with van der Waals surface area (Å²) >= 11 is 0. The summed E-state index contributed by atoms with van der Waals surface area (Å²) in [6.45, 7) is 6.43. The van der Waals surface area contributed by atoms with E-state index in [1.165, 1.54) is 5.56 Å². The molecule has 0 heterocycles. The number of nitrogens with two attached hydrogens (primary N) is 1. The maximum Gasteiger partial charge on any atom is 0.248 e. The fourth-order valence-electron chi connectivity index (χ4n) is 2.30. The smallest absolute Gasteiger partial charge is 0.248 e. The zero-order valence-electron chi connectivity index (χ0n) is 15.9. The van der Waals surface area contributed by atoms with E-state index in [4.69, 9.17) is 15.2 Å². The molecule has 4 nitrogen and oxygen atoms in total. The van der Waals surface area contributed by atoms with E-state index in [2.05, 4.69) is 0 Å². The zero-order valence-corrected chi connectivity index (χ0v) is 15.9. The molecule has 4 heteroatoms. The zero-order chi connectivity index (χ0) is 19.6. The van der Waals surface area contributed by atoms with Gasteiger partial charge in [-0.05, 0) is 48.9 Å². The molecule has 3 aromatic rings. The maximum atomic E-state index is 11.1. The molecule has 3 aromatic carbocycles. The highest BCUT2D eigenvalue weighted by molar-refractivity contribution is 5.92. The molecular weight excluding hydrogens is 338 g/mol. The van der Waals surface area contributed by atoms with Gasteiger partial charge in [-0.2, -0.15) is 0 Å². The van der Waals surface area contributed by atoms with Crippen molar-refractivity contribution < 1.29 is 14.3 Å². The van der Waals surface area contributed by atoms with Crippen molar-refractivity contribution in [2.45, 2.75) is 27.4 Å². The van der Waals surface area contributed by atoms with Crippen molar-refractivity contribution in [2.75, 3.05) is 0 Å². The molecule has 3 rings (SSSR count). The van der Waals surface area contributed by atoms with Crippen LogP contribution in [0.5, 0.6) is 17.2 Å². The van der Waals surface area contributed by atoms with Gasteiger partial charge in [0, 0.05) is 11.6 Å². The SMILES string of the molecule is CC.Cc1ccc(Oc2cccc(OCc3ccc(C(N)=O)cc3)c2)cc1. The average Bonchev–Trinajstić information content (AvgIpc) is 2.70. The summed E-state index contributed by atoms with van der Waals surface area (Å²) in [5.41, 5.74) is 7.86. The van der Waals surface area contributed by atoms with Crippen molar-refractivity contribution in [3.05, 3.63) is 89.5 Å². The van der Waals surface area contributed by atoms with Crippen LogP contribution in [-0.2, 0) is 6.61 Å². The van der Waals surface area contributed by atoms with Crippen LogP contribution in [0.3, 0.4) is 0 Å². The molecule has 2 N–H and O–H groups in total. The number of hydrogen-bond donors (Lipinski definition) is 1. The van der Waals surface area contributed by atoms with Crippen LogP contribution in [0.25, 0.3) is 0 Å². The fraction of sp³-hybridized carbons (Fsp3) is 0.174. The van der Waals surface area contributed by atoms with E-state index in [9.17, 15) is 4.79 Å². The Hall–Kier alpha value is -3.27. The highest BCUT2D eigenvalue weighted by Crippen LogP contribution is 2.26. The summed E-state index contributed by atoms with van der Waals surface area (Å²) in [5.74, 6) is 1.77. The lowest BCUT2D eigenvalue weighted by atomic mass is 10.1. The normalized spacial score (nSPS) is 9.74. The summed E-state index contributed by atoms with van der Waals surface area (Å²) in [4.78, 5) is 11.1. The van der Waals surface area contributed by atoms with Crippen molar-refractivity contribution in [3.8, 4) is 17.2 Å². The molecule has 0 saturated carbocycles. The van der Waals surface area contributed by atoms with E-state index < -0.39 is 5.91 Å². The third-order valence-corrected chi connectivity index (χ3v) is 3.71. The van der Waals surface area contributed by atoms with Crippen molar-refractivity contribution in [1.82, 2.24) is 0 Å². The highest BCUT2D eigenvalue weighted by atomic mass is 16.5. The Labute approximate surface area is 160 Å². The number of amides is 1. The van der Waals surface area contributed by atoms with Crippen LogP contribution < -0.4 is 15.2 Å². The van der Waals surface area contributed by atoms with Crippen molar-refractivity contribution in [2.24, 2.45) is 5.73 Å². The molecule has 1 amide bonds. The molecule has 0 aliphatic heterocycles. The van der Waals surface area contributed by atoms with Gasteiger partial charge >= 0.3 is 0 Å². The van der Waals surface area contributed by atoms with Gasteiger partial charge in [0.1, 0.15) is 23.9 Å². The lowest BCUT2D eigenvalue weighted by Gasteiger charge is -2.10. The predicted molar refractivity (Wildman–Crippen MR) is 108 cm³/mol. The number of ether oxygens (including phenoxy) is 2. The van der Waals surface area contributed by atoms with Gasteiger partial charge in [-0.3, -0.25) is 4.79 Å². The summed E-state index contributed by atoms with van der Waals surface area (Å²) in [7, 11) is 0. The van der Waals surface area contributed by atoms with Gasteiger partial charge < -0.3 is 15.2 Å². The highest BCUT2D eigenvalue weighted by Gasteiger charge is 2.03. The summed E-state index contributed by atoms with van der Waals surface area (Å²) in [5, 5.41) is 0. The molecule has 0 fully saturated rings. The Morgan fingerprint density at radius 1 is 0.852 bits per heavy atom. The van der Waals surface area contributed by atoms with Crippen LogP contribution in [0.1, 0.15) is 35.3 Å². The molecule has 140 valence electrons. The van der Waals surface area contributed by atoms with E-state index in [1.54, 1.807) is 12.1 Å². The summed E-state index contributed by atoms with van der Waals surface area (Å²) in [6, 6.07) is 22.4. The van der Waals surface area contributed by atoms with E-state index >= 15 is 0 Å². The molecular formula is C23H25NO3. The van der Waals surface area contributed by atoms with Crippen LogP contribution in [0.4, 0.5) is 0 Å². The van der Waals surface area contributed by atoms with Gasteiger partial charge in [0.15, 0.2) is 0 Å². The topological polar surface area (TPSA) is 61.6 Å². The lowest BCUT2D eigenvalue weighted by Crippen LogP contribution is -2.10. The summed E-state index contributed by atoms with van der Waals surface area (Å²) < 4.78 is 11.6. The van der Waals surface area contributed by atoms with Gasteiger partial charge in [0.25, 0.3) is 0 Å². The first-order chi connectivity index (χ1) is 13.1. The van der Waals surface area contributed by atoms with E-state index in [0.29, 0.717) is 23.7 Å². The number of primary amides is 1. The molecule has 0 unspecified atom stereocenters. The second kappa shape index (κ2) is 10.0. The van der Waals surface area contributed by atoms with Gasteiger partial charge in [0.2, 0.25) is 5.91 Å². The van der Waals surface area contributed by atoms with E-state index in [-0.39, 0.29) is 0 Å². The first-order valence-corrected chi connectivity index (χ1v) is 8.96. The average molecular weight is 363 g/mol. The van der Waals surface area contributed by atoms with Crippen molar-refractivity contribution >= 4 is 5.91 Å². The second-order valence-electron chi connectivity index (χ2n) is 5.74. The van der Waals surface area contributed by atoms with Gasteiger partial charge in [-0.15, -0.1) is 0 Å². The molecule has 0 aromatic heterocycles. The molecule has 0 spiro atoms. The molecule has 0 aliphatic carbocycles. The van der Waals surface area contributed by atoms with Crippen LogP contribution in [0.2, 0.25) is 0 Å². The van der Waals surface area contributed by atoms with Gasteiger partial charge in [-0.1, -0.05) is 49.7 Å². The Morgan fingerprint density at radius 2 is 1.48 bits per heavy atom. The number of rotatable bonds is 6. The number of carbonyl (C=O) groups is 1. The van der Waals surface area contributed by atoms with E-state index in [0.717, 1.165) is 11.3 Å². The largest absolute Gasteiger partial charge is 0.489 e. The minimum absolute atomic E-state index is 0.396. The van der Waals surface area contributed by atoms with E-state index in [1.807, 2.05) is 81.4 Å². The molecule has 0 atom stereocenters. The molecule has 0 aliphatic rings. The minimum atomic E-state index is -0.437. The van der Waals surface area contributed by atoms with Crippen LogP contribution in [0.15, 0.2) is 72.8 Å². The Morgan fingerprint density at radius 3 is 2.11 bits per heavy atom. The Balaban J connectivity index is 0.00000126. The Kier molecular flexibility index (Phi) is 7.44. The first kappa shape index (κ1) is 20.0. The predicted octanol–water partition coefficient (Wildman–Crippen LogP) is 5.49. The second-order valence-corrected chi connectivity index (χ2v) is 5.74. The minimum Gasteiger partial charge on any atom is -0.489 e. The monoisotopic (exact) mass is 363 g/mol. The standard InChI is InChI=1S/C21H19NO3.C2H6/c1-15-5-11-18(12-6-15)25-20-4-2-3-19(13-20)24-14-16-7-9-17(10-8-16)21(22)23;1-2/h2-13H,14H2,1H3,(H2,22,23);1-2H3. The third kappa shape index (κ3) is 6.19. The quantitative estimate of drug-likeness (QED) is 0.630. The van der Waals surface area contributed by atoms with Crippen LogP contribution in [0, 0.1) is 6.92 Å².